The second kappa shape index (κ2) is 10.9. The molecule has 0 heterocycles. The van der Waals surface area contributed by atoms with E-state index in [2.05, 4.69) is 29.5 Å². The Bertz CT molecular complexity index is 221. The SMILES string of the molecule is CCC(CC)CNC(=NC)NC1CCCCC1.I. The van der Waals surface area contributed by atoms with Crippen LogP contribution in [-0.4, -0.2) is 25.6 Å². The van der Waals surface area contributed by atoms with Crippen molar-refractivity contribution < 1.29 is 0 Å². The number of halogens is 1. The third-order valence-corrected chi connectivity index (χ3v) is 3.88. The van der Waals surface area contributed by atoms with Crippen LogP contribution in [0.5, 0.6) is 0 Å². The second-order valence-corrected chi connectivity index (χ2v) is 5.11. The standard InChI is InChI=1S/C14H29N3.HI/c1-4-12(5-2)11-16-14(15-3)17-13-9-7-6-8-10-13;/h12-13H,4-11H2,1-3H3,(H2,15,16,17);1H. The zero-order valence-corrected chi connectivity index (χ0v) is 14.5. The molecule has 1 rings (SSSR count). The van der Waals surface area contributed by atoms with Crippen LogP contribution in [0, 0.1) is 5.92 Å². The quantitative estimate of drug-likeness (QED) is 0.443. The van der Waals surface area contributed by atoms with E-state index >= 15 is 0 Å². The van der Waals surface area contributed by atoms with E-state index < -0.39 is 0 Å². The van der Waals surface area contributed by atoms with Crippen molar-refractivity contribution in [3.8, 4) is 0 Å². The molecule has 1 fully saturated rings. The molecule has 0 bridgehead atoms. The molecule has 0 aromatic heterocycles. The van der Waals surface area contributed by atoms with Crippen LogP contribution in [0.2, 0.25) is 0 Å². The van der Waals surface area contributed by atoms with Gasteiger partial charge in [-0.15, -0.1) is 24.0 Å². The highest BCUT2D eigenvalue weighted by molar-refractivity contribution is 14.0. The van der Waals surface area contributed by atoms with Crippen molar-refractivity contribution in [1.82, 2.24) is 10.6 Å². The van der Waals surface area contributed by atoms with Crippen LogP contribution >= 0.6 is 24.0 Å². The lowest BCUT2D eigenvalue weighted by Crippen LogP contribution is -2.45. The first-order chi connectivity index (χ1) is 8.30. The van der Waals surface area contributed by atoms with Gasteiger partial charge >= 0.3 is 0 Å². The Morgan fingerprint density at radius 3 is 2.28 bits per heavy atom. The van der Waals surface area contributed by atoms with E-state index in [1.807, 2.05) is 7.05 Å². The fourth-order valence-corrected chi connectivity index (χ4v) is 2.45. The smallest absolute Gasteiger partial charge is 0.191 e. The van der Waals surface area contributed by atoms with Gasteiger partial charge in [0.1, 0.15) is 0 Å². The van der Waals surface area contributed by atoms with Crippen LogP contribution in [0.3, 0.4) is 0 Å². The van der Waals surface area contributed by atoms with Gasteiger partial charge in [0.05, 0.1) is 0 Å². The zero-order valence-electron chi connectivity index (χ0n) is 12.2. The summed E-state index contributed by atoms with van der Waals surface area (Å²) < 4.78 is 0. The molecule has 0 atom stereocenters. The fourth-order valence-electron chi connectivity index (χ4n) is 2.45. The molecule has 0 saturated heterocycles. The van der Waals surface area contributed by atoms with Crippen molar-refractivity contribution in [1.29, 1.82) is 0 Å². The molecule has 0 aliphatic heterocycles. The maximum Gasteiger partial charge on any atom is 0.191 e. The van der Waals surface area contributed by atoms with Gasteiger partial charge in [-0.3, -0.25) is 4.99 Å². The van der Waals surface area contributed by atoms with Gasteiger partial charge in [0, 0.05) is 19.6 Å². The third kappa shape index (κ3) is 6.81. The highest BCUT2D eigenvalue weighted by Crippen LogP contribution is 2.17. The van der Waals surface area contributed by atoms with E-state index in [9.17, 15) is 0 Å². The second-order valence-electron chi connectivity index (χ2n) is 5.11. The first kappa shape index (κ1) is 18.0. The van der Waals surface area contributed by atoms with Crippen LogP contribution in [0.15, 0.2) is 4.99 Å². The molecular formula is C14H30IN3. The van der Waals surface area contributed by atoms with Crippen LogP contribution in [-0.2, 0) is 0 Å². The highest BCUT2D eigenvalue weighted by atomic mass is 127. The third-order valence-electron chi connectivity index (χ3n) is 3.88. The number of hydrogen-bond donors (Lipinski definition) is 2. The molecule has 2 N–H and O–H groups in total. The average molecular weight is 367 g/mol. The van der Waals surface area contributed by atoms with Gasteiger partial charge in [-0.05, 0) is 18.8 Å². The van der Waals surface area contributed by atoms with Crippen LogP contribution < -0.4 is 10.6 Å². The predicted octanol–water partition coefficient (Wildman–Crippen LogP) is 3.54. The molecule has 1 saturated carbocycles. The molecule has 108 valence electrons. The molecule has 1 aliphatic rings. The number of nitrogens with zero attached hydrogens (tertiary/aromatic N) is 1. The molecule has 1 aliphatic carbocycles. The molecule has 4 heteroatoms. The van der Waals surface area contributed by atoms with Crippen molar-refractivity contribution in [3.63, 3.8) is 0 Å². The maximum atomic E-state index is 4.32. The molecular weight excluding hydrogens is 337 g/mol. The average Bonchev–Trinajstić information content (AvgIpc) is 2.39. The summed E-state index contributed by atoms with van der Waals surface area (Å²) in [5.74, 6) is 1.75. The molecule has 0 aromatic carbocycles. The van der Waals surface area contributed by atoms with Crippen LogP contribution in [0.25, 0.3) is 0 Å². The topological polar surface area (TPSA) is 36.4 Å². The maximum absolute atomic E-state index is 4.32. The summed E-state index contributed by atoms with van der Waals surface area (Å²) in [6.45, 7) is 5.56. The Hall–Kier alpha value is 0. The van der Waals surface area contributed by atoms with E-state index in [1.165, 1.54) is 44.9 Å². The van der Waals surface area contributed by atoms with Crippen molar-refractivity contribution in [2.45, 2.75) is 64.8 Å². The summed E-state index contributed by atoms with van der Waals surface area (Å²) in [5, 5.41) is 7.01. The highest BCUT2D eigenvalue weighted by Gasteiger charge is 2.14. The first-order valence-electron chi connectivity index (χ1n) is 7.27. The van der Waals surface area contributed by atoms with Gasteiger partial charge in [-0.1, -0.05) is 46.0 Å². The summed E-state index contributed by atoms with van der Waals surface area (Å²) in [6.07, 6.45) is 9.20. The number of nitrogens with one attached hydrogen (secondary N) is 2. The van der Waals surface area contributed by atoms with E-state index in [-0.39, 0.29) is 24.0 Å². The van der Waals surface area contributed by atoms with Crippen molar-refractivity contribution in [3.05, 3.63) is 0 Å². The van der Waals surface area contributed by atoms with Gasteiger partial charge in [0.2, 0.25) is 0 Å². The number of aliphatic imine (C=N–C) groups is 1. The van der Waals surface area contributed by atoms with Gasteiger partial charge in [0.25, 0.3) is 0 Å². The predicted molar refractivity (Wildman–Crippen MR) is 90.9 cm³/mol. The van der Waals surface area contributed by atoms with Gasteiger partial charge < -0.3 is 10.6 Å². The number of hydrogen-bond acceptors (Lipinski definition) is 1. The van der Waals surface area contributed by atoms with E-state index in [4.69, 9.17) is 0 Å². The number of rotatable bonds is 5. The van der Waals surface area contributed by atoms with Crippen LogP contribution in [0.4, 0.5) is 0 Å². The van der Waals surface area contributed by atoms with Gasteiger partial charge in [-0.2, -0.15) is 0 Å². The molecule has 18 heavy (non-hydrogen) atoms. The minimum absolute atomic E-state index is 0. The molecule has 0 radical (unpaired) electrons. The zero-order chi connectivity index (χ0) is 12.5. The Balaban J connectivity index is 0.00000289. The number of guanidine groups is 1. The largest absolute Gasteiger partial charge is 0.356 e. The van der Waals surface area contributed by atoms with Gasteiger partial charge in [-0.25, -0.2) is 0 Å². The summed E-state index contributed by atoms with van der Waals surface area (Å²) in [6, 6.07) is 0.636. The van der Waals surface area contributed by atoms with Crippen molar-refractivity contribution >= 4 is 29.9 Å². The lowest BCUT2D eigenvalue weighted by atomic mass is 9.96. The Morgan fingerprint density at radius 1 is 1.17 bits per heavy atom. The lowest BCUT2D eigenvalue weighted by Gasteiger charge is -2.25. The molecule has 3 nitrogen and oxygen atoms in total. The molecule has 0 spiro atoms. The Labute approximate surface area is 130 Å². The van der Waals surface area contributed by atoms with Gasteiger partial charge in [0.15, 0.2) is 5.96 Å². The van der Waals surface area contributed by atoms with Crippen molar-refractivity contribution in [2.75, 3.05) is 13.6 Å². The lowest BCUT2D eigenvalue weighted by molar-refractivity contribution is 0.406. The Morgan fingerprint density at radius 2 is 1.78 bits per heavy atom. The van der Waals surface area contributed by atoms with Crippen molar-refractivity contribution in [2.24, 2.45) is 10.9 Å². The summed E-state index contributed by atoms with van der Waals surface area (Å²) in [4.78, 5) is 4.32. The van der Waals surface area contributed by atoms with Crippen LogP contribution in [0.1, 0.15) is 58.8 Å². The molecule has 0 unspecified atom stereocenters. The summed E-state index contributed by atoms with van der Waals surface area (Å²) >= 11 is 0. The fraction of sp³-hybridized carbons (Fsp3) is 0.929. The molecule has 0 aromatic rings. The summed E-state index contributed by atoms with van der Waals surface area (Å²) in [5.41, 5.74) is 0. The minimum Gasteiger partial charge on any atom is -0.356 e. The molecule has 0 amide bonds. The van der Waals surface area contributed by atoms with E-state index in [0.717, 1.165) is 18.4 Å². The normalized spacial score (nSPS) is 17.4. The van der Waals surface area contributed by atoms with E-state index in [1.54, 1.807) is 0 Å². The van der Waals surface area contributed by atoms with E-state index in [0.29, 0.717) is 6.04 Å². The Kier molecular flexibility index (Phi) is 10.9. The minimum atomic E-state index is 0. The summed E-state index contributed by atoms with van der Waals surface area (Å²) in [7, 11) is 1.87. The monoisotopic (exact) mass is 367 g/mol. The first-order valence-corrected chi connectivity index (χ1v) is 7.27.